The van der Waals surface area contributed by atoms with Gasteiger partial charge in [0.1, 0.15) is 0 Å². The molecule has 1 aromatic heterocycles. The van der Waals surface area contributed by atoms with E-state index in [1.54, 1.807) is 0 Å². The molecule has 0 saturated carbocycles. The molecule has 0 saturated heterocycles. The summed E-state index contributed by atoms with van der Waals surface area (Å²) in [4.78, 5) is 7.53. The van der Waals surface area contributed by atoms with Crippen molar-refractivity contribution in [1.29, 1.82) is 0 Å². The lowest BCUT2D eigenvalue weighted by Crippen LogP contribution is -2.28. The third kappa shape index (κ3) is 5.09. The van der Waals surface area contributed by atoms with Gasteiger partial charge in [-0.2, -0.15) is 0 Å². The maximum Gasteiger partial charge on any atom is 0.0730 e. The zero-order valence-corrected chi connectivity index (χ0v) is 17.2. The van der Waals surface area contributed by atoms with Crippen molar-refractivity contribution in [3.63, 3.8) is 0 Å². The van der Waals surface area contributed by atoms with E-state index in [4.69, 9.17) is 4.98 Å². The second-order valence-corrected chi connectivity index (χ2v) is 8.26. The minimum atomic E-state index is 0.702. The number of pyridine rings is 1. The van der Waals surface area contributed by atoms with Crippen LogP contribution in [0.15, 0.2) is 60.7 Å². The molecule has 0 aliphatic heterocycles. The van der Waals surface area contributed by atoms with Crippen molar-refractivity contribution in [2.24, 2.45) is 11.8 Å². The standard InChI is InChI=1S/C25H32N2/c1-19(2)14-16-27(17-15-20(3)4)25-18-24(21-10-6-5-7-11-21)26-23-13-9-8-12-22(23)25/h5-13,18-20H,14-17H2,1-4H3. The summed E-state index contributed by atoms with van der Waals surface area (Å²) in [7, 11) is 0. The van der Waals surface area contributed by atoms with E-state index >= 15 is 0 Å². The van der Waals surface area contributed by atoms with Crippen LogP contribution in [-0.2, 0) is 0 Å². The predicted octanol–water partition coefficient (Wildman–Crippen LogP) is 6.80. The SMILES string of the molecule is CC(C)CCN(CCC(C)C)c1cc(-c2ccccc2)nc2ccccc12. The third-order valence-corrected chi connectivity index (χ3v) is 5.06. The summed E-state index contributed by atoms with van der Waals surface area (Å²) in [5, 5.41) is 1.25. The van der Waals surface area contributed by atoms with Crippen LogP contribution in [-0.4, -0.2) is 18.1 Å². The fourth-order valence-corrected chi connectivity index (χ4v) is 3.36. The molecule has 0 unspecified atom stereocenters. The van der Waals surface area contributed by atoms with Crippen molar-refractivity contribution in [2.45, 2.75) is 40.5 Å². The maximum absolute atomic E-state index is 4.95. The summed E-state index contributed by atoms with van der Waals surface area (Å²) in [5.74, 6) is 1.40. The van der Waals surface area contributed by atoms with E-state index < -0.39 is 0 Å². The summed E-state index contributed by atoms with van der Waals surface area (Å²) >= 11 is 0. The predicted molar refractivity (Wildman–Crippen MR) is 118 cm³/mol. The smallest absolute Gasteiger partial charge is 0.0730 e. The van der Waals surface area contributed by atoms with Crippen LogP contribution in [0.4, 0.5) is 5.69 Å². The highest BCUT2D eigenvalue weighted by Gasteiger charge is 2.14. The fraction of sp³-hybridized carbons (Fsp3) is 0.400. The Hall–Kier alpha value is -2.35. The lowest BCUT2D eigenvalue weighted by atomic mass is 10.0. The van der Waals surface area contributed by atoms with E-state index in [0.29, 0.717) is 11.8 Å². The van der Waals surface area contributed by atoms with E-state index in [0.717, 1.165) is 24.3 Å². The highest BCUT2D eigenvalue weighted by atomic mass is 15.1. The molecule has 0 amide bonds. The summed E-state index contributed by atoms with van der Waals surface area (Å²) in [6, 6.07) is 21.4. The van der Waals surface area contributed by atoms with Crippen molar-refractivity contribution in [1.82, 2.24) is 4.98 Å². The minimum Gasteiger partial charge on any atom is -0.371 e. The van der Waals surface area contributed by atoms with Gasteiger partial charge in [-0.15, -0.1) is 0 Å². The van der Waals surface area contributed by atoms with Crippen LogP contribution in [0.3, 0.4) is 0 Å². The molecule has 3 rings (SSSR count). The monoisotopic (exact) mass is 360 g/mol. The van der Waals surface area contributed by atoms with Gasteiger partial charge in [-0.05, 0) is 36.8 Å². The molecule has 0 bridgehead atoms. The van der Waals surface area contributed by atoms with Gasteiger partial charge in [0.15, 0.2) is 0 Å². The average molecular weight is 361 g/mol. The summed E-state index contributed by atoms with van der Waals surface area (Å²) in [5.41, 5.74) is 4.63. The zero-order valence-electron chi connectivity index (χ0n) is 17.2. The van der Waals surface area contributed by atoms with Crippen LogP contribution < -0.4 is 4.90 Å². The van der Waals surface area contributed by atoms with Crippen LogP contribution >= 0.6 is 0 Å². The second-order valence-electron chi connectivity index (χ2n) is 8.26. The third-order valence-electron chi connectivity index (χ3n) is 5.06. The Morgan fingerprint density at radius 1 is 0.778 bits per heavy atom. The first-order chi connectivity index (χ1) is 13.0. The first kappa shape index (κ1) is 19.4. The van der Waals surface area contributed by atoms with Gasteiger partial charge >= 0.3 is 0 Å². The van der Waals surface area contributed by atoms with Crippen LogP contribution in [0.5, 0.6) is 0 Å². The molecule has 0 spiro atoms. The second kappa shape index (κ2) is 9.03. The molecule has 1 heterocycles. The number of para-hydroxylation sites is 1. The van der Waals surface area contributed by atoms with E-state index in [9.17, 15) is 0 Å². The van der Waals surface area contributed by atoms with Crippen LogP contribution in [0.25, 0.3) is 22.2 Å². The van der Waals surface area contributed by atoms with Crippen LogP contribution in [0, 0.1) is 11.8 Å². The molecule has 2 heteroatoms. The highest BCUT2D eigenvalue weighted by molar-refractivity contribution is 5.94. The van der Waals surface area contributed by atoms with Crippen molar-refractivity contribution in [3.8, 4) is 11.3 Å². The van der Waals surface area contributed by atoms with E-state index in [1.165, 1.54) is 29.5 Å². The van der Waals surface area contributed by atoms with Crippen LogP contribution in [0.1, 0.15) is 40.5 Å². The molecule has 0 aliphatic carbocycles. The number of benzene rings is 2. The molecule has 2 nitrogen and oxygen atoms in total. The Labute approximate surface area is 164 Å². The van der Waals surface area contributed by atoms with Gasteiger partial charge in [0.2, 0.25) is 0 Å². The largest absolute Gasteiger partial charge is 0.371 e. The molecule has 3 aromatic rings. The van der Waals surface area contributed by atoms with Crippen LogP contribution in [0.2, 0.25) is 0 Å². The Morgan fingerprint density at radius 2 is 1.37 bits per heavy atom. The number of fused-ring (bicyclic) bond motifs is 1. The Morgan fingerprint density at radius 3 is 2.00 bits per heavy atom. The Kier molecular flexibility index (Phi) is 6.49. The van der Waals surface area contributed by atoms with Gasteiger partial charge in [0, 0.05) is 29.7 Å². The summed E-state index contributed by atoms with van der Waals surface area (Å²) in [6.07, 6.45) is 2.41. The van der Waals surface area contributed by atoms with E-state index in [2.05, 4.69) is 93.3 Å². The van der Waals surface area contributed by atoms with Crippen molar-refractivity contribution in [3.05, 3.63) is 60.7 Å². The van der Waals surface area contributed by atoms with Gasteiger partial charge in [-0.1, -0.05) is 76.2 Å². The number of anilines is 1. The van der Waals surface area contributed by atoms with E-state index in [1.807, 2.05) is 0 Å². The molecule has 0 fully saturated rings. The number of hydrogen-bond acceptors (Lipinski definition) is 2. The molecule has 0 aliphatic rings. The molecular formula is C25H32N2. The Bertz CT molecular complexity index is 841. The molecule has 27 heavy (non-hydrogen) atoms. The zero-order chi connectivity index (χ0) is 19.2. The number of aromatic nitrogens is 1. The number of rotatable bonds is 8. The van der Waals surface area contributed by atoms with Crippen molar-refractivity contribution >= 4 is 16.6 Å². The van der Waals surface area contributed by atoms with Crippen molar-refractivity contribution < 1.29 is 0 Å². The van der Waals surface area contributed by atoms with Gasteiger partial charge in [-0.3, -0.25) is 0 Å². The molecule has 0 radical (unpaired) electrons. The van der Waals surface area contributed by atoms with Crippen molar-refractivity contribution in [2.75, 3.05) is 18.0 Å². The maximum atomic E-state index is 4.95. The normalized spacial score (nSPS) is 11.5. The number of nitrogens with zero attached hydrogens (tertiary/aromatic N) is 2. The average Bonchev–Trinajstić information content (AvgIpc) is 2.67. The van der Waals surface area contributed by atoms with Gasteiger partial charge in [0.25, 0.3) is 0 Å². The Balaban J connectivity index is 2.07. The summed E-state index contributed by atoms with van der Waals surface area (Å²) in [6.45, 7) is 11.4. The quantitative estimate of drug-likeness (QED) is 0.439. The van der Waals surface area contributed by atoms with E-state index in [-0.39, 0.29) is 0 Å². The molecule has 0 atom stereocenters. The number of hydrogen-bond donors (Lipinski definition) is 0. The first-order valence-corrected chi connectivity index (χ1v) is 10.2. The molecule has 142 valence electrons. The minimum absolute atomic E-state index is 0.702. The fourth-order valence-electron chi connectivity index (χ4n) is 3.36. The molecule has 2 aromatic carbocycles. The lowest BCUT2D eigenvalue weighted by molar-refractivity contribution is 0.536. The molecular weight excluding hydrogens is 328 g/mol. The topological polar surface area (TPSA) is 16.1 Å². The highest BCUT2D eigenvalue weighted by Crippen LogP contribution is 2.31. The lowest BCUT2D eigenvalue weighted by Gasteiger charge is -2.28. The van der Waals surface area contributed by atoms with Gasteiger partial charge in [-0.25, -0.2) is 4.98 Å². The van der Waals surface area contributed by atoms with Gasteiger partial charge in [0.05, 0.1) is 11.2 Å². The first-order valence-electron chi connectivity index (χ1n) is 10.2. The molecule has 0 N–H and O–H groups in total. The van der Waals surface area contributed by atoms with Gasteiger partial charge < -0.3 is 4.90 Å². The summed E-state index contributed by atoms with van der Waals surface area (Å²) < 4.78 is 0.